The molecular formula is C15H24N2O2. The zero-order chi connectivity index (χ0) is 14.3. The molecule has 0 bridgehead atoms. The third-order valence-electron chi connectivity index (χ3n) is 2.99. The first kappa shape index (κ1) is 15.5. The zero-order valence-corrected chi connectivity index (χ0v) is 12.3. The van der Waals surface area contributed by atoms with Gasteiger partial charge in [0.15, 0.2) is 0 Å². The van der Waals surface area contributed by atoms with Gasteiger partial charge in [0.1, 0.15) is 5.69 Å². The van der Waals surface area contributed by atoms with Gasteiger partial charge in [-0.1, -0.05) is 26.7 Å². The molecule has 4 nitrogen and oxygen atoms in total. The number of hydrogen-bond acceptors (Lipinski definition) is 4. The van der Waals surface area contributed by atoms with E-state index < -0.39 is 5.97 Å². The number of esters is 1. The van der Waals surface area contributed by atoms with Crippen LogP contribution in [0.25, 0.3) is 0 Å². The molecule has 0 aromatic carbocycles. The van der Waals surface area contributed by atoms with Crippen molar-refractivity contribution in [1.82, 2.24) is 4.98 Å². The Bertz CT molecular complexity index is 405. The van der Waals surface area contributed by atoms with Gasteiger partial charge in [-0.3, -0.25) is 0 Å². The first-order valence-electron chi connectivity index (χ1n) is 6.83. The summed E-state index contributed by atoms with van der Waals surface area (Å²) in [6.07, 6.45) is 5.19. The Morgan fingerprint density at radius 2 is 2.11 bits per heavy atom. The summed E-state index contributed by atoms with van der Waals surface area (Å²) in [6, 6.07) is 3.97. The van der Waals surface area contributed by atoms with Crippen molar-refractivity contribution < 1.29 is 9.53 Å². The van der Waals surface area contributed by atoms with Crippen molar-refractivity contribution in [3.8, 4) is 0 Å². The highest BCUT2D eigenvalue weighted by atomic mass is 16.5. The molecule has 1 aromatic heterocycles. The smallest absolute Gasteiger partial charge is 0.356 e. The minimum absolute atomic E-state index is 0.335. The van der Waals surface area contributed by atoms with Crippen LogP contribution in [0, 0.1) is 5.92 Å². The predicted octanol–water partition coefficient (Wildman–Crippen LogP) is 3.49. The van der Waals surface area contributed by atoms with Crippen molar-refractivity contribution in [2.75, 3.05) is 12.4 Å². The Morgan fingerprint density at radius 1 is 1.37 bits per heavy atom. The number of pyridine rings is 1. The van der Waals surface area contributed by atoms with Crippen LogP contribution in [0.15, 0.2) is 18.3 Å². The first-order chi connectivity index (χ1) is 9.02. The van der Waals surface area contributed by atoms with E-state index in [0.717, 1.165) is 18.0 Å². The van der Waals surface area contributed by atoms with Crippen LogP contribution < -0.4 is 5.32 Å². The Hall–Kier alpha value is -1.58. The monoisotopic (exact) mass is 264 g/mol. The second-order valence-corrected chi connectivity index (χ2v) is 5.29. The summed E-state index contributed by atoms with van der Waals surface area (Å²) in [7, 11) is 1.36. The highest BCUT2D eigenvalue weighted by Crippen LogP contribution is 2.14. The summed E-state index contributed by atoms with van der Waals surface area (Å²) in [5.74, 6) is 0.343. The summed E-state index contributed by atoms with van der Waals surface area (Å²) in [6.45, 7) is 6.63. The molecule has 1 rings (SSSR count). The van der Waals surface area contributed by atoms with Crippen molar-refractivity contribution in [1.29, 1.82) is 0 Å². The molecule has 0 fully saturated rings. The van der Waals surface area contributed by atoms with E-state index in [1.54, 1.807) is 12.3 Å². The van der Waals surface area contributed by atoms with Crippen molar-refractivity contribution >= 4 is 11.7 Å². The number of methoxy groups -OCH3 is 1. The summed E-state index contributed by atoms with van der Waals surface area (Å²) in [4.78, 5) is 15.4. The molecule has 0 radical (unpaired) electrons. The zero-order valence-electron chi connectivity index (χ0n) is 12.3. The molecule has 0 aliphatic heterocycles. The highest BCUT2D eigenvalue weighted by molar-refractivity contribution is 5.88. The van der Waals surface area contributed by atoms with Gasteiger partial charge in [-0.05, 0) is 31.4 Å². The fourth-order valence-electron chi connectivity index (χ4n) is 1.93. The second-order valence-electron chi connectivity index (χ2n) is 5.29. The van der Waals surface area contributed by atoms with E-state index >= 15 is 0 Å². The highest BCUT2D eigenvalue weighted by Gasteiger charge is 2.09. The van der Waals surface area contributed by atoms with Crippen LogP contribution >= 0.6 is 0 Å². The van der Waals surface area contributed by atoms with Gasteiger partial charge >= 0.3 is 5.97 Å². The van der Waals surface area contributed by atoms with Crippen LogP contribution in [0.5, 0.6) is 0 Å². The van der Waals surface area contributed by atoms with E-state index in [9.17, 15) is 4.79 Å². The van der Waals surface area contributed by atoms with Gasteiger partial charge in [-0.15, -0.1) is 0 Å². The van der Waals surface area contributed by atoms with E-state index in [-0.39, 0.29) is 0 Å². The Balaban J connectivity index is 2.50. The lowest BCUT2D eigenvalue weighted by Crippen LogP contribution is -2.16. The molecule has 4 heteroatoms. The van der Waals surface area contributed by atoms with E-state index in [1.807, 2.05) is 6.07 Å². The number of aromatic nitrogens is 1. The molecule has 0 spiro atoms. The Kier molecular flexibility index (Phi) is 6.33. The maximum atomic E-state index is 11.4. The van der Waals surface area contributed by atoms with Crippen molar-refractivity contribution in [3.05, 3.63) is 24.0 Å². The molecule has 0 saturated carbocycles. The van der Waals surface area contributed by atoms with Crippen LogP contribution in [0.4, 0.5) is 5.69 Å². The number of nitrogens with zero attached hydrogens (tertiary/aromatic N) is 1. The SMILES string of the molecule is COC(=O)c1cc(NC(C)CCCC(C)C)ccn1. The Morgan fingerprint density at radius 3 is 2.74 bits per heavy atom. The number of anilines is 1. The molecule has 0 saturated heterocycles. The third kappa shape index (κ3) is 5.73. The van der Waals surface area contributed by atoms with E-state index in [1.165, 1.54) is 20.0 Å². The molecular weight excluding hydrogens is 240 g/mol. The molecule has 1 heterocycles. The van der Waals surface area contributed by atoms with Crippen LogP contribution in [-0.4, -0.2) is 24.1 Å². The average molecular weight is 264 g/mol. The average Bonchev–Trinajstić information content (AvgIpc) is 2.37. The molecule has 1 unspecified atom stereocenters. The molecule has 0 aliphatic rings. The van der Waals surface area contributed by atoms with Crippen LogP contribution in [0.2, 0.25) is 0 Å². The van der Waals surface area contributed by atoms with E-state index in [2.05, 4.69) is 35.8 Å². The number of nitrogens with one attached hydrogen (secondary N) is 1. The summed E-state index contributed by atoms with van der Waals surface area (Å²) in [5.41, 5.74) is 1.24. The van der Waals surface area contributed by atoms with Gasteiger partial charge in [0.2, 0.25) is 0 Å². The largest absolute Gasteiger partial charge is 0.464 e. The van der Waals surface area contributed by atoms with Crippen molar-refractivity contribution in [2.45, 2.75) is 46.1 Å². The van der Waals surface area contributed by atoms with Gasteiger partial charge in [0.05, 0.1) is 7.11 Å². The van der Waals surface area contributed by atoms with E-state index in [4.69, 9.17) is 0 Å². The summed E-state index contributed by atoms with van der Waals surface area (Å²) < 4.78 is 4.66. The minimum Gasteiger partial charge on any atom is -0.464 e. The van der Waals surface area contributed by atoms with Gasteiger partial charge in [0, 0.05) is 17.9 Å². The molecule has 1 N–H and O–H groups in total. The van der Waals surface area contributed by atoms with Gasteiger partial charge in [-0.25, -0.2) is 9.78 Å². The standard InChI is InChI=1S/C15H24N2O2/c1-11(2)6-5-7-12(3)17-13-8-9-16-14(10-13)15(18)19-4/h8-12H,5-7H2,1-4H3,(H,16,17). The van der Waals surface area contributed by atoms with Crippen LogP contribution in [0.3, 0.4) is 0 Å². The van der Waals surface area contributed by atoms with Gasteiger partial charge < -0.3 is 10.1 Å². The topological polar surface area (TPSA) is 51.2 Å². The lowest BCUT2D eigenvalue weighted by atomic mass is 10.0. The molecule has 106 valence electrons. The fraction of sp³-hybridized carbons (Fsp3) is 0.600. The van der Waals surface area contributed by atoms with E-state index in [0.29, 0.717) is 11.7 Å². The molecule has 19 heavy (non-hydrogen) atoms. The number of rotatable bonds is 7. The molecule has 1 atom stereocenters. The molecule has 1 aromatic rings. The van der Waals surface area contributed by atoms with Gasteiger partial charge in [-0.2, -0.15) is 0 Å². The molecule has 0 amide bonds. The number of carbonyl (C=O) groups is 1. The Labute approximate surface area is 115 Å². The van der Waals surface area contributed by atoms with Crippen LogP contribution in [0.1, 0.15) is 50.5 Å². The lowest BCUT2D eigenvalue weighted by molar-refractivity contribution is 0.0594. The maximum absolute atomic E-state index is 11.4. The van der Waals surface area contributed by atoms with Gasteiger partial charge in [0.25, 0.3) is 0 Å². The summed E-state index contributed by atoms with van der Waals surface area (Å²) in [5, 5.41) is 3.39. The molecule has 0 aliphatic carbocycles. The fourth-order valence-corrected chi connectivity index (χ4v) is 1.93. The number of hydrogen-bond donors (Lipinski definition) is 1. The number of ether oxygens (including phenoxy) is 1. The normalized spacial score (nSPS) is 12.3. The number of carbonyl (C=O) groups excluding carboxylic acids is 1. The van der Waals surface area contributed by atoms with Crippen molar-refractivity contribution in [3.63, 3.8) is 0 Å². The summed E-state index contributed by atoms with van der Waals surface area (Å²) >= 11 is 0. The first-order valence-corrected chi connectivity index (χ1v) is 6.83. The second kappa shape index (κ2) is 7.77. The quantitative estimate of drug-likeness (QED) is 0.766. The maximum Gasteiger partial charge on any atom is 0.356 e. The van der Waals surface area contributed by atoms with Crippen molar-refractivity contribution in [2.24, 2.45) is 5.92 Å². The third-order valence-corrected chi connectivity index (χ3v) is 2.99. The van der Waals surface area contributed by atoms with Crippen LogP contribution in [-0.2, 0) is 4.74 Å². The lowest BCUT2D eigenvalue weighted by Gasteiger charge is -2.16. The minimum atomic E-state index is -0.406. The predicted molar refractivity (Wildman–Crippen MR) is 77.4 cm³/mol.